The van der Waals surface area contributed by atoms with E-state index in [9.17, 15) is 18.4 Å². The zero-order chi connectivity index (χ0) is 16.9. The minimum absolute atomic E-state index is 0.0475. The maximum Gasteiger partial charge on any atom is 0.224 e. The van der Waals surface area contributed by atoms with E-state index in [2.05, 4.69) is 10.6 Å². The summed E-state index contributed by atoms with van der Waals surface area (Å²) in [6.07, 6.45) is 4.42. The molecule has 1 aromatic carbocycles. The van der Waals surface area contributed by atoms with Crippen molar-refractivity contribution in [1.82, 2.24) is 10.6 Å². The standard InChI is InChI=1S/C18H20F2N2O2/c19-13-4-1-3-10(16(13)20)11-9-12(11)17(24)21-14-5-6-15(23)22-18(14)7-2-8-18/h1,3-4,11-12,14H,2,5-9H2,(H,21,24)(H,22,23)/t11-,12-,14-/m0/s1. The number of carbonyl (C=O) groups excluding carboxylic acids is 2. The third-order valence-electron chi connectivity index (χ3n) is 5.79. The van der Waals surface area contributed by atoms with Crippen LogP contribution in [-0.4, -0.2) is 23.4 Å². The van der Waals surface area contributed by atoms with Gasteiger partial charge in [-0.25, -0.2) is 8.78 Å². The van der Waals surface area contributed by atoms with E-state index >= 15 is 0 Å². The Morgan fingerprint density at radius 2 is 2.08 bits per heavy atom. The van der Waals surface area contributed by atoms with Gasteiger partial charge >= 0.3 is 0 Å². The van der Waals surface area contributed by atoms with Gasteiger partial charge in [-0.15, -0.1) is 0 Å². The first-order valence-corrected chi connectivity index (χ1v) is 8.55. The van der Waals surface area contributed by atoms with Crippen molar-refractivity contribution in [2.24, 2.45) is 5.92 Å². The lowest BCUT2D eigenvalue weighted by Gasteiger charge is -2.51. The molecule has 0 unspecified atom stereocenters. The number of carbonyl (C=O) groups is 2. The molecule has 128 valence electrons. The molecule has 3 fully saturated rings. The van der Waals surface area contributed by atoms with Gasteiger partial charge in [-0.1, -0.05) is 12.1 Å². The normalized spacial score (nSPS) is 30.4. The van der Waals surface area contributed by atoms with Crippen molar-refractivity contribution in [1.29, 1.82) is 0 Å². The highest BCUT2D eigenvalue weighted by Crippen LogP contribution is 2.49. The second-order valence-corrected chi connectivity index (χ2v) is 7.25. The van der Waals surface area contributed by atoms with E-state index in [1.807, 2.05) is 0 Å². The maximum atomic E-state index is 13.9. The molecule has 2 N–H and O–H groups in total. The summed E-state index contributed by atoms with van der Waals surface area (Å²) in [5, 5.41) is 6.10. The van der Waals surface area contributed by atoms with Crippen LogP contribution in [0.3, 0.4) is 0 Å². The molecule has 2 aliphatic carbocycles. The maximum absolute atomic E-state index is 13.9. The molecule has 1 aromatic rings. The Bertz CT molecular complexity index is 702. The van der Waals surface area contributed by atoms with Crippen LogP contribution in [0.15, 0.2) is 18.2 Å². The molecule has 3 atom stereocenters. The van der Waals surface area contributed by atoms with Crippen molar-refractivity contribution in [3.8, 4) is 0 Å². The van der Waals surface area contributed by atoms with Crippen LogP contribution < -0.4 is 10.6 Å². The molecule has 0 bridgehead atoms. The fraction of sp³-hybridized carbons (Fsp3) is 0.556. The van der Waals surface area contributed by atoms with E-state index < -0.39 is 11.6 Å². The monoisotopic (exact) mass is 334 g/mol. The molecule has 6 heteroatoms. The summed E-state index contributed by atoms with van der Waals surface area (Å²) in [7, 11) is 0. The van der Waals surface area contributed by atoms with E-state index in [0.29, 0.717) is 19.3 Å². The van der Waals surface area contributed by atoms with Crippen LogP contribution in [-0.2, 0) is 9.59 Å². The second kappa shape index (κ2) is 5.53. The van der Waals surface area contributed by atoms with Crippen molar-refractivity contribution < 1.29 is 18.4 Å². The Labute approximate surface area is 139 Å². The van der Waals surface area contributed by atoms with E-state index in [4.69, 9.17) is 0 Å². The molecule has 1 heterocycles. The van der Waals surface area contributed by atoms with Gasteiger partial charge in [0.25, 0.3) is 0 Å². The third kappa shape index (κ3) is 2.48. The molecule has 4 rings (SSSR count). The Hall–Kier alpha value is -1.98. The summed E-state index contributed by atoms with van der Waals surface area (Å²) in [5.74, 6) is -2.35. The minimum Gasteiger partial charge on any atom is -0.351 e. The van der Waals surface area contributed by atoms with Crippen LogP contribution in [0.4, 0.5) is 8.78 Å². The van der Waals surface area contributed by atoms with Crippen molar-refractivity contribution >= 4 is 11.8 Å². The van der Waals surface area contributed by atoms with Gasteiger partial charge in [0.1, 0.15) is 0 Å². The highest BCUT2D eigenvalue weighted by Gasteiger charge is 2.51. The number of hydrogen-bond donors (Lipinski definition) is 2. The van der Waals surface area contributed by atoms with Crippen LogP contribution in [0.25, 0.3) is 0 Å². The van der Waals surface area contributed by atoms with E-state index in [0.717, 1.165) is 25.3 Å². The summed E-state index contributed by atoms with van der Waals surface area (Å²) in [6.45, 7) is 0. The number of amides is 2. The Kier molecular flexibility index (Phi) is 3.58. The molecule has 2 amide bonds. The van der Waals surface area contributed by atoms with E-state index in [-0.39, 0.29) is 40.8 Å². The summed E-state index contributed by atoms with van der Waals surface area (Å²) in [5.41, 5.74) is -0.00935. The third-order valence-corrected chi connectivity index (χ3v) is 5.79. The minimum atomic E-state index is -0.873. The van der Waals surface area contributed by atoms with Crippen LogP contribution in [0.1, 0.15) is 50.0 Å². The van der Waals surface area contributed by atoms with Gasteiger partial charge < -0.3 is 10.6 Å². The van der Waals surface area contributed by atoms with Crippen molar-refractivity contribution in [2.75, 3.05) is 0 Å². The fourth-order valence-electron chi connectivity index (χ4n) is 4.13. The van der Waals surface area contributed by atoms with Crippen LogP contribution in [0, 0.1) is 17.6 Å². The first-order chi connectivity index (χ1) is 11.5. The van der Waals surface area contributed by atoms with Gasteiger partial charge in [0.05, 0.1) is 11.6 Å². The van der Waals surface area contributed by atoms with Gasteiger partial charge in [-0.2, -0.15) is 0 Å². The second-order valence-electron chi connectivity index (χ2n) is 7.25. The summed E-state index contributed by atoms with van der Waals surface area (Å²) in [4.78, 5) is 24.2. The van der Waals surface area contributed by atoms with Crippen molar-refractivity contribution in [3.05, 3.63) is 35.4 Å². The average molecular weight is 334 g/mol. The molecule has 0 aromatic heterocycles. The molecule has 1 aliphatic heterocycles. The van der Waals surface area contributed by atoms with Crippen LogP contribution in [0.2, 0.25) is 0 Å². The van der Waals surface area contributed by atoms with E-state index in [1.165, 1.54) is 6.07 Å². The predicted octanol–water partition coefficient (Wildman–Crippen LogP) is 2.39. The molecule has 2 saturated carbocycles. The molecule has 4 nitrogen and oxygen atoms in total. The molecule has 3 aliphatic rings. The van der Waals surface area contributed by atoms with E-state index in [1.54, 1.807) is 6.07 Å². The predicted molar refractivity (Wildman–Crippen MR) is 83.1 cm³/mol. The van der Waals surface area contributed by atoms with Gasteiger partial charge in [0, 0.05) is 12.3 Å². The Balaban J connectivity index is 1.43. The fourth-order valence-corrected chi connectivity index (χ4v) is 4.13. The molecular weight excluding hydrogens is 314 g/mol. The highest BCUT2D eigenvalue weighted by atomic mass is 19.2. The van der Waals surface area contributed by atoms with Gasteiger partial charge in [-0.05, 0) is 49.7 Å². The molecule has 1 spiro atoms. The van der Waals surface area contributed by atoms with Gasteiger partial charge in [0.2, 0.25) is 11.8 Å². The number of benzene rings is 1. The number of piperidine rings is 1. The lowest BCUT2D eigenvalue weighted by Crippen LogP contribution is -2.68. The first kappa shape index (κ1) is 15.5. The van der Waals surface area contributed by atoms with Gasteiger partial charge in [-0.3, -0.25) is 9.59 Å². The number of halogens is 2. The smallest absolute Gasteiger partial charge is 0.224 e. The van der Waals surface area contributed by atoms with Crippen LogP contribution >= 0.6 is 0 Å². The quantitative estimate of drug-likeness (QED) is 0.892. The molecule has 1 saturated heterocycles. The average Bonchev–Trinajstić information content (AvgIpc) is 3.30. The molecule has 0 radical (unpaired) electrons. The lowest BCUT2D eigenvalue weighted by molar-refractivity contribution is -0.132. The number of nitrogens with one attached hydrogen (secondary N) is 2. The Morgan fingerprint density at radius 3 is 2.79 bits per heavy atom. The summed E-state index contributed by atoms with van der Waals surface area (Å²) in [6, 6.07) is 4.04. The zero-order valence-corrected chi connectivity index (χ0v) is 13.3. The SMILES string of the molecule is O=C1CC[C@H](NC(=O)[C@H]2C[C@H]2c2cccc(F)c2F)C2(CCC2)N1. The Morgan fingerprint density at radius 1 is 1.29 bits per heavy atom. The van der Waals surface area contributed by atoms with Crippen LogP contribution in [0.5, 0.6) is 0 Å². The van der Waals surface area contributed by atoms with Gasteiger partial charge in [0.15, 0.2) is 11.6 Å². The molecule has 24 heavy (non-hydrogen) atoms. The first-order valence-electron chi connectivity index (χ1n) is 8.55. The van der Waals surface area contributed by atoms with Crippen molar-refractivity contribution in [3.63, 3.8) is 0 Å². The topological polar surface area (TPSA) is 58.2 Å². The highest BCUT2D eigenvalue weighted by molar-refractivity contribution is 5.84. The lowest BCUT2D eigenvalue weighted by atomic mass is 9.68. The number of hydrogen-bond acceptors (Lipinski definition) is 2. The summed E-state index contributed by atoms with van der Waals surface area (Å²) < 4.78 is 27.2. The molecular formula is C18H20F2N2O2. The van der Waals surface area contributed by atoms with Crippen molar-refractivity contribution in [2.45, 2.75) is 56.0 Å². The number of rotatable bonds is 3. The zero-order valence-electron chi connectivity index (χ0n) is 13.3. The largest absolute Gasteiger partial charge is 0.351 e. The summed E-state index contributed by atoms with van der Waals surface area (Å²) >= 11 is 0.